The first-order valence-electron chi connectivity index (χ1n) is 8.76. The van der Waals surface area contributed by atoms with Crippen LogP contribution in [0.2, 0.25) is 0 Å². The van der Waals surface area contributed by atoms with Crippen molar-refractivity contribution in [3.05, 3.63) is 65.2 Å². The van der Waals surface area contributed by atoms with Gasteiger partial charge in [0, 0.05) is 24.5 Å². The van der Waals surface area contributed by atoms with Gasteiger partial charge in [-0.25, -0.2) is 4.79 Å². The number of carboxylic acid groups (broad SMARTS) is 1. The summed E-state index contributed by atoms with van der Waals surface area (Å²) in [6.45, 7) is 3.07. The lowest BCUT2D eigenvalue weighted by Crippen LogP contribution is -2.36. The molecule has 0 aromatic heterocycles. The Morgan fingerprint density at radius 1 is 1.07 bits per heavy atom. The molecule has 28 heavy (non-hydrogen) atoms. The molecule has 1 saturated heterocycles. The molecule has 1 heterocycles. The van der Waals surface area contributed by atoms with Crippen LogP contribution in [0.15, 0.2) is 54.1 Å². The first-order valence-corrected chi connectivity index (χ1v) is 8.76. The number of hydrogen-bond donors (Lipinski definition) is 2. The number of aromatic carboxylic acids is 1. The third kappa shape index (κ3) is 4.75. The molecule has 2 N–H and O–H groups in total. The van der Waals surface area contributed by atoms with Gasteiger partial charge in [0.15, 0.2) is 0 Å². The molecule has 0 atom stereocenters. The minimum atomic E-state index is -1.05. The van der Waals surface area contributed by atoms with E-state index < -0.39 is 11.9 Å². The van der Waals surface area contributed by atoms with Crippen molar-refractivity contribution in [3.8, 4) is 6.07 Å². The third-order valence-corrected chi connectivity index (χ3v) is 4.34. The SMILES string of the molecule is N#C/C(=C\c1ccc(N2CCOCC2)cc1)C(=O)Nc1ccc(C(=O)O)cc1. The first kappa shape index (κ1) is 19.1. The largest absolute Gasteiger partial charge is 0.478 e. The van der Waals surface area contributed by atoms with Crippen molar-refractivity contribution in [1.82, 2.24) is 0 Å². The minimum Gasteiger partial charge on any atom is -0.478 e. The van der Waals surface area contributed by atoms with Crippen LogP contribution in [0.1, 0.15) is 15.9 Å². The number of anilines is 2. The van der Waals surface area contributed by atoms with Gasteiger partial charge in [-0.2, -0.15) is 5.26 Å². The van der Waals surface area contributed by atoms with Crippen LogP contribution in [-0.2, 0) is 9.53 Å². The van der Waals surface area contributed by atoms with Gasteiger partial charge in [-0.15, -0.1) is 0 Å². The third-order valence-electron chi connectivity index (χ3n) is 4.34. The zero-order valence-corrected chi connectivity index (χ0v) is 15.1. The second kappa shape index (κ2) is 8.84. The topological polar surface area (TPSA) is 103 Å². The molecule has 0 bridgehead atoms. The number of carboxylic acids is 1. The molecule has 0 radical (unpaired) electrons. The molecule has 2 aromatic rings. The fourth-order valence-corrected chi connectivity index (χ4v) is 2.81. The average molecular weight is 377 g/mol. The van der Waals surface area contributed by atoms with E-state index >= 15 is 0 Å². The van der Waals surface area contributed by atoms with E-state index in [0.717, 1.165) is 24.3 Å². The molecule has 1 aliphatic rings. The van der Waals surface area contributed by atoms with Crippen molar-refractivity contribution in [2.24, 2.45) is 0 Å². The van der Waals surface area contributed by atoms with Crippen LogP contribution >= 0.6 is 0 Å². The van der Waals surface area contributed by atoms with Crippen molar-refractivity contribution in [1.29, 1.82) is 5.26 Å². The Labute approximate surface area is 162 Å². The Morgan fingerprint density at radius 3 is 2.29 bits per heavy atom. The van der Waals surface area contributed by atoms with Crippen molar-refractivity contribution in [3.63, 3.8) is 0 Å². The van der Waals surface area contributed by atoms with Crippen LogP contribution < -0.4 is 10.2 Å². The quantitative estimate of drug-likeness (QED) is 0.614. The monoisotopic (exact) mass is 377 g/mol. The molecule has 7 heteroatoms. The summed E-state index contributed by atoms with van der Waals surface area (Å²) in [4.78, 5) is 25.4. The molecule has 3 rings (SSSR count). The number of nitrogens with one attached hydrogen (secondary N) is 1. The number of rotatable bonds is 5. The summed E-state index contributed by atoms with van der Waals surface area (Å²) in [6.07, 6.45) is 1.52. The number of hydrogen-bond acceptors (Lipinski definition) is 5. The van der Waals surface area contributed by atoms with E-state index in [1.807, 2.05) is 30.3 Å². The summed E-state index contributed by atoms with van der Waals surface area (Å²) in [6, 6.07) is 15.3. The highest BCUT2D eigenvalue weighted by Crippen LogP contribution is 2.18. The van der Waals surface area contributed by atoms with E-state index in [2.05, 4.69) is 10.2 Å². The molecule has 7 nitrogen and oxygen atoms in total. The molecule has 0 aliphatic carbocycles. The number of nitriles is 1. The summed E-state index contributed by atoms with van der Waals surface area (Å²) in [5, 5.41) is 20.8. The number of nitrogens with zero attached hydrogens (tertiary/aromatic N) is 2. The van der Waals surface area contributed by atoms with Crippen LogP contribution in [0.4, 0.5) is 11.4 Å². The standard InChI is InChI=1S/C21H19N3O4/c22-14-17(20(25)23-18-5-3-16(4-6-18)21(26)27)13-15-1-7-19(8-2-15)24-9-11-28-12-10-24/h1-8,13H,9-12H2,(H,23,25)(H,26,27)/b17-13+. The lowest BCUT2D eigenvalue weighted by molar-refractivity contribution is -0.112. The van der Waals surface area contributed by atoms with Crippen LogP contribution in [0.5, 0.6) is 0 Å². The van der Waals surface area contributed by atoms with Gasteiger partial charge in [0.2, 0.25) is 0 Å². The molecule has 0 saturated carbocycles. The lowest BCUT2D eigenvalue weighted by Gasteiger charge is -2.28. The average Bonchev–Trinajstić information content (AvgIpc) is 2.73. The number of benzene rings is 2. The zero-order valence-electron chi connectivity index (χ0n) is 15.1. The Bertz CT molecular complexity index is 922. The van der Waals surface area contributed by atoms with Crippen molar-refractivity contribution in [2.45, 2.75) is 0 Å². The van der Waals surface area contributed by atoms with Gasteiger partial charge in [-0.05, 0) is 48.0 Å². The predicted molar refractivity (Wildman–Crippen MR) is 105 cm³/mol. The van der Waals surface area contributed by atoms with Crippen LogP contribution in [0.3, 0.4) is 0 Å². The van der Waals surface area contributed by atoms with Gasteiger partial charge in [0.05, 0.1) is 18.8 Å². The highest BCUT2D eigenvalue weighted by Gasteiger charge is 2.12. The normalized spacial score (nSPS) is 14.2. The summed E-state index contributed by atoms with van der Waals surface area (Å²) < 4.78 is 5.34. The van der Waals surface area contributed by atoms with Gasteiger partial charge in [-0.1, -0.05) is 12.1 Å². The van der Waals surface area contributed by atoms with Crippen LogP contribution in [0, 0.1) is 11.3 Å². The maximum absolute atomic E-state index is 12.3. The molecule has 142 valence electrons. The predicted octanol–water partition coefficient (Wildman–Crippen LogP) is 2.77. The molecular weight excluding hydrogens is 358 g/mol. The van der Waals surface area contributed by atoms with Gasteiger partial charge >= 0.3 is 5.97 Å². The lowest BCUT2D eigenvalue weighted by atomic mass is 10.1. The smallest absolute Gasteiger partial charge is 0.335 e. The maximum Gasteiger partial charge on any atom is 0.335 e. The van der Waals surface area contributed by atoms with E-state index in [1.165, 1.54) is 30.3 Å². The molecule has 0 unspecified atom stereocenters. The highest BCUT2D eigenvalue weighted by molar-refractivity contribution is 6.09. The van der Waals surface area contributed by atoms with E-state index in [-0.39, 0.29) is 11.1 Å². The number of amides is 1. The first-order chi connectivity index (χ1) is 13.6. The summed E-state index contributed by atoms with van der Waals surface area (Å²) in [7, 11) is 0. The number of carbonyl (C=O) groups is 2. The van der Waals surface area contributed by atoms with Gasteiger partial charge in [0.25, 0.3) is 5.91 Å². The Balaban J connectivity index is 1.69. The highest BCUT2D eigenvalue weighted by atomic mass is 16.5. The molecule has 1 fully saturated rings. The fourth-order valence-electron chi connectivity index (χ4n) is 2.81. The Kier molecular flexibility index (Phi) is 6.04. The van der Waals surface area contributed by atoms with Gasteiger partial charge < -0.3 is 20.1 Å². The number of morpholine rings is 1. The van der Waals surface area contributed by atoms with Crippen molar-refractivity contribution < 1.29 is 19.4 Å². The van der Waals surface area contributed by atoms with Gasteiger partial charge in [0.1, 0.15) is 11.6 Å². The zero-order chi connectivity index (χ0) is 19.9. The van der Waals surface area contributed by atoms with E-state index in [9.17, 15) is 14.9 Å². The summed E-state index contributed by atoms with van der Waals surface area (Å²) in [5.41, 5.74) is 2.31. The maximum atomic E-state index is 12.3. The fraction of sp³-hybridized carbons (Fsp3) is 0.190. The summed E-state index contributed by atoms with van der Waals surface area (Å²) in [5.74, 6) is -1.60. The molecule has 1 aliphatic heterocycles. The Hall–Kier alpha value is -3.63. The van der Waals surface area contributed by atoms with E-state index in [0.29, 0.717) is 18.9 Å². The van der Waals surface area contributed by atoms with Crippen molar-refractivity contribution in [2.75, 3.05) is 36.5 Å². The molecule has 1 amide bonds. The molecular formula is C21H19N3O4. The minimum absolute atomic E-state index is 0.0403. The van der Waals surface area contributed by atoms with Crippen LogP contribution in [0.25, 0.3) is 6.08 Å². The number of carbonyl (C=O) groups excluding carboxylic acids is 1. The second-order valence-electron chi connectivity index (χ2n) is 6.20. The van der Waals surface area contributed by atoms with Crippen molar-refractivity contribution >= 4 is 29.3 Å². The Morgan fingerprint density at radius 2 is 1.71 bits per heavy atom. The second-order valence-corrected chi connectivity index (χ2v) is 6.20. The van der Waals surface area contributed by atoms with E-state index in [1.54, 1.807) is 0 Å². The number of ether oxygens (including phenoxy) is 1. The molecule has 0 spiro atoms. The van der Waals surface area contributed by atoms with Crippen LogP contribution in [-0.4, -0.2) is 43.3 Å². The van der Waals surface area contributed by atoms with E-state index in [4.69, 9.17) is 9.84 Å². The summed E-state index contributed by atoms with van der Waals surface area (Å²) >= 11 is 0. The molecule has 2 aromatic carbocycles. The van der Waals surface area contributed by atoms with Gasteiger partial charge in [-0.3, -0.25) is 4.79 Å².